The zero-order valence-electron chi connectivity index (χ0n) is 11.5. The molecule has 7 nitrogen and oxygen atoms in total. The number of aryl methyl sites for hydroxylation is 1. The number of hydrogen-bond donors (Lipinski definition) is 1. The largest absolute Gasteiger partial charge is 0.430 e. The molecule has 0 atom stereocenters. The molecule has 0 spiro atoms. The van der Waals surface area contributed by atoms with Gasteiger partial charge in [0.1, 0.15) is 6.20 Å². The molecule has 0 aliphatic rings. The van der Waals surface area contributed by atoms with E-state index in [0.717, 1.165) is 6.20 Å². The fraction of sp³-hybridized carbons (Fsp3) is 0.231. The molecule has 2 rings (SSSR count). The first-order valence-electron chi connectivity index (χ1n) is 6.21. The molecule has 0 radical (unpaired) electrons. The molecule has 110 valence electrons. The summed E-state index contributed by atoms with van der Waals surface area (Å²) in [6.45, 7) is 3.93. The van der Waals surface area contributed by atoms with Gasteiger partial charge in [-0.25, -0.2) is 9.37 Å². The Morgan fingerprint density at radius 2 is 2.24 bits per heavy atom. The van der Waals surface area contributed by atoms with Crippen molar-refractivity contribution in [2.24, 2.45) is 0 Å². The van der Waals surface area contributed by atoms with Gasteiger partial charge in [0.15, 0.2) is 11.6 Å². The SMILES string of the molecule is CCNc1ncc([N+](=O)[O-])c(Oc2cccc(C)c2F)n1. The fourth-order valence-electron chi connectivity index (χ4n) is 1.61. The molecule has 2 aromatic rings. The van der Waals surface area contributed by atoms with Gasteiger partial charge in [0.05, 0.1) is 4.92 Å². The lowest BCUT2D eigenvalue weighted by Crippen LogP contribution is -2.05. The van der Waals surface area contributed by atoms with E-state index in [4.69, 9.17) is 4.74 Å². The van der Waals surface area contributed by atoms with Crippen molar-refractivity contribution in [1.82, 2.24) is 9.97 Å². The summed E-state index contributed by atoms with van der Waals surface area (Å²) in [6.07, 6.45) is 1.02. The van der Waals surface area contributed by atoms with E-state index in [0.29, 0.717) is 12.1 Å². The molecule has 0 aliphatic carbocycles. The van der Waals surface area contributed by atoms with E-state index >= 15 is 0 Å². The predicted molar refractivity (Wildman–Crippen MR) is 74.1 cm³/mol. The van der Waals surface area contributed by atoms with Crippen LogP contribution in [0.15, 0.2) is 24.4 Å². The lowest BCUT2D eigenvalue weighted by atomic mass is 10.2. The maximum absolute atomic E-state index is 13.9. The van der Waals surface area contributed by atoms with Gasteiger partial charge in [-0.15, -0.1) is 0 Å². The number of nitrogens with zero attached hydrogens (tertiary/aromatic N) is 3. The number of rotatable bonds is 5. The van der Waals surface area contributed by atoms with Crippen LogP contribution in [0.25, 0.3) is 0 Å². The van der Waals surface area contributed by atoms with Crippen LogP contribution in [0.1, 0.15) is 12.5 Å². The number of nitro groups is 1. The monoisotopic (exact) mass is 292 g/mol. The second-order valence-electron chi connectivity index (χ2n) is 4.16. The van der Waals surface area contributed by atoms with Gasteiger partial charge in [0.2, 0.25) is 5.95 Å². The van der Waals surface area contributed by atoms with E-state index in [1.807, 2.05) is 6.92 Å². The summed E-state index contributed by atoms with van der Waals surface area (Å²) in [4.78, 5) is 18.0. The third-order valence-electron chi connectivity index (χ3n) is 2.63. The van der Waals surface area contributed by atoms with Gasteiger partial charge in [-0.05, 0) is 25.5 Å². The van der Waals surface area contributed by atoms with Gasteiger partial charge in [0.25, 0.3) is 0 Å². The van der Waals surface area contributed by atoms with E-state index in [-0.39, 0.29) is 17.6 Å². The van der Waals surface area contributed by atoms with Crippen molar-refractivity contribution in [2.75, 3.05) is 11.9 Å². The van der Waals surface area contributed by atoms with Gasteiger partial charge < -0.3 is 10.1 Å². The topological polar surface area (TPSA) is 90.2 Å². The summed E-state index contributed by atoms with van der Waals surface area (Å²) in [5.74, 6) is -0.851. The quantitative estimate of drug-likeness (QED) is 0.672. The minimum atomic E-state index is -0.682. The minimum Gasteiger partial charge on any atom is -0.430 e. The highest BCUT2D eigenvalue weighted by atomic mass is 19.1. The minimum absolute atomic E-state index is 0.126. The molecule has 21 heavy (non-hydrogen) atoms. The molecule has 0 unspecified atom stereocenters. The van der Waals surface area contributed by atoms with Crippen LogP contribution in [0, 0.1) is 22.9 Å². The highest BCUT2D eigenvalue weighted by Crippen LogP contribution is 2.31. The van der Waals surface area contributed by atoms with E-state index < -0.39 is 16.4 Å². The molecule has 1 N–H and O–H groups in total. The van der Waals surface area contributed by atoms with Crippen LogP contribution >= 0.6 is 0 Å². The van der Waals surface area contributed by atoms with E-state index in [2.05, 4.69) is 15.3 Å². The Hall–Kier alpha value is -2.77. The summed E-state index contributed by atoms with van der Waals surface area (Å²) < 4.78 is 19.2. The van der Waals surface area contributed by atoms with Gasteiger partial charge in [-0.2, -0.15) is 4.98 Å². The van der Waals surface area contributed by atoms with Gasteiger partial charge in [-0.1, -0.05) is 12.1 Å². The van der Waals surface area contributed by atoms with Crippen molar-refractivity contribution in [3.8, 4) is 11.6 Å². The molecule has 0 saturated heterocycles. The Morgan fingerprint density at radius 1 is 1.48 bits per heavy atom. The number of anilines is 1. The smallest absolute Gasteiger partial charge is 0.349 e. The normalized spacial score (nSPS) is 10.2. The molecule has 0 aliphatic heterocycles. The second kappa shape index (κ2) is 6.12. The molecule has 0 bridgehead atoms. The van der Waals surface area contributed by atoms with E-state index in [9.17, 15) is 14.5 Å². The fourth-order valence-corrected chi connectivity index (χ4v) is 1.61. The Kier molecular flexibility index (Phi) is 4.27. The Morgan fingerprint density at radius 3 is 2.90 bits per heavy atom. The standard InChI is InChI=1S/C13H13FN4O3/c1-3-15-13-16-7-9(18(19)20)12(17-13)21-10-6-4-5-8(2)11(10)14/h4-7H,3H2,1-2H3,(H,15,16,17). The second-order valence-corrected chi connectivity index (χ2v) is 4.16. The van der Waals surface area contributed by atoms with Crippen LogP contribution in [0.4, 0.5) is 16.0 Å². The summed E-state index contributed by atoms with van der Waals surface area (Å²) in [6, 6.07) is 4.54. The molecule has 0 fully saturated rings. The lowest BCUT2D eigenvalue weighted by Gasteiger charge is -2.08. The lowest BCUT2D eigenvalue weighted by molar-refractivity contribution is -0.386. The Labute approximate surface area is 120 Å². The molecule has 8 heteroatoms. The van der Waals surface area contributed by atoms with Crippen LogP contribution in [0.5, 0.6) is 11.6 Å². The maximum atomic E-state index is 13.9. The van der Waals surface area contributed by atoms with Crippen LogP contribution in [0.3, 0.4) is 0 Å². The van der Waals surface area contributed by atoms with E-state index in [1.54, 1.807) is 19.1 Å². The number of nitrogens with one attached hydrogen (secondary N) is 1. The van der Waals surface area contributed by atoms with Crippen LogP contribution < -0.4 is 10.1 Å². The number of benzene rings is 1. The van der Waals surface area contributed by atoms with Gasteiger partial charge in [-0.3, -0.25) is 10.1 Å². The molecule has 0 saturated carbocycles. The van der Waals surface area contributed by atoms with Crippen LogP contribution in [0.2, 0.25) is 0 Å². The van der Waals surface area contributed by atoms with Gasteiger partial charge in [0, 0.05) is 6.54 Å². The van der Waals surface area contributed by atoms with Crippen LogP contribution in [-0.2, 0) is 0 Å². The van der Waals surface area contributed by atoms with Gasteiger partial charge >= 0.3 is 11.6 Å². The van der Waals surface area contributed by atoms with Crippen LogP contribution in [-0.4, -0.2) is 21.4 Å². The number of aromatic nitrogens is 2. The first kappa shape index (κ1) is 14.6. The molecular formula is C13H13FN4O3. The van der Waals surface area contributed by atoms with Crippen molar-refractivity contribution < 1.29 is 14.1 Å². The zero-order chi connectivity index (χ0) is 15.4. The van der Waals surface area contributed by atoms with Crippen molar-refractivity contribution in [1.29, 1.82) is 0 Å². The highest BCUT2D eigenvalue weighted by Gasteiger charge is 2.21. The first-order chi connectivity index (χ1) is 10.0. The number of ether oxygens (including phenoxy) is 1. The summed E-state index contributed by atoms with van der Waals surface area (Å²) in [5.41, 5.74) is -0.0614. The Balaban J connectivity index is 2.43. The summed E-state index contributed by atoms with van der Waals surface area (Å²) in [5, 5.41) is 13.8. The van der Waals surface area contributed by atoms with Crippen molar-refractivity contribution in [3.05, 3.63) is 45.9 Å². The average Bonchev–Trinajstić information content (AvgIpc) is 2.44. The molecule has 1 aromatic heterocycles. The predicted octanol–water partition coefficient (Wildman–Crippen LogP) is 3.06. The van der Waals surface area contributed by atoms with Crippen molar-refractivity contribution in [3.63, 3.8) is 0 Å². The summed E-state index contributed by atoms with van der Waals surface area (Å²) in [7, 11) is 0. The number of hydrogen-bond acceptors (Lipinski definition) is 6. The zero-order valence-corrected chi connectivity index (χ0v) is 11.5. The molecule has 1 aromatic carbocycles. The Bertz CT molecular complexity index is 678. The maximum Gasteiger partial charge on any atom is 0.349 e. The average molecular weight is 292 g/mol. The van der Waals surface area contributed by atoms with Crippen molar-refractivity contribution >= 4 is 11.6 Å². The summed E-state index contributed by atoms with van der Waals surface area (Å²) >= 11 is 0. The molecule has 0 amide bonds. The number of halogens is 1. The molecule has 1 heterocycles. The molecular weight excluding hydrogens is 279 g/mol. The van der Waals surface area contributed by atoms with Crippen molar-refractivity contribution in [2.45, 2.75) is 13.8 Å². The van der Waals surface area contributed by atoms with E-state index in [1.165, 1.54) is 6.07 Å². The third kappa shape index (κ3) is 3.22. The first-order valence-corrected chi connectivity index (χ1v) is 6.21. The highest BCUT2D eigenvalue weighted by molar-refractivity contribution is 5.46. The third-order valence-corrected chi connectivity index (χ3v) is 2.63.